The lowest BCUT2D eigenvalue weighted by atomic mass is 9.65. The van der Waals surface area contributed by atoms with Gasteiger partial charge in [-0.2, -0.15) is 0 Å². The fourth-order valence-corrected chi connectivity index (χ4v) is 2.51. The van der Waals surface area contributed by atoms with Crippen LogP contribution in [-0.2, 0) is 0 Å². The van der Waals surface area contributed by atoms with E-state index >= 15 is 0 Å². The van der Waals surface area contributed by atoms with Crippen LogP contribution >= 0.6 is 22.9 Å². The third kappa shape index (κ3) is 1.62. The molecule has 1 fully saturated rings. The molecule has 0 aromatic carbocycles. The van der Waals surface area contributed by atoms with Crippen molar-refractivity contribution in [3.05, 3.63) is 10.5 Å². The van der Waals surface area contributed by atoms with Gasteiger partial charge in [0.05, 0.1) is 6.10 Å². The minimum Gasteiger partial charge on any atom is -0.392 e. The number of anilines is 1. The SMILES string of the molecule is CC1(C)C(O)CC1Nc1nc(Cl)cs1. The van der Waals surface area contributed by atoms with Gasteiger partial charge < -0.3 is 10.4 Å². The lowest BCUT2D eigenvalue weighted by Crippen LogP contribution is -2.56. The van der Waals surface area contributed by atoms with E-state index in [2.05, 4.69) is 10.3 Å². The van der Waals surface area contributed by atoms with Gasteiger partial charge in [-0.1, -0.05) is 25.4 Å². The van der Waals surface area contributed by atoms with Crippen LogP contribution in [0.15, 0.2) is 5.38 Å². The molecule has 14 heavy (non-hydrogen) atoms. The minimum atomic E-state index is -0.213. The number of aliphatic hydroxyl groups is 1. The van der Waals surface area contributed by atoms with E-state index in [1.807, 2.05) is 13.8 Å². The van der Waals surface area contributed by atoms with Crippen molar-refractivity contribution in [2.24, 2.45) is 5.41 Å². The quantitative estimate of drug-likeness (QED) is 0.823. The van der Waals surface area contributed by atoms with E-state index in [0.717, 1.165) is 11.6 Å². The highest BCUT2D eigenvalue weighted by Crippen LogP contribution is 2.42. The topological polar surface area (TPSA) is 45.1 Å². The van der Waals surface area contributed by atoms with Crippen molar-refractivity contribution in [1.29, 1.82) is 0 Å². The second-order valence-electron chi connectivity index (χ2n) is 4.25. The van der Waals surface area contributed by atoms with E-state index < -0.39 is 0 Å². The molecule has 1 aliphatic carbocycles. The molecule has 1 heterocycles. The second-order valence-corrected chi connectivity index (χ2v) is 5.49. The molecular weight excluding hydrogens is 220 g/mol. The molecule has 1 saturated carbocycles. The first kappa shape index (κ1) is 10.2. The monoisotopic (exact) mass is 232 g/mol. The van der Waals surface area contributed by atoms with Gasteiger partial charge in [0, 0.05) is 16.8 Å². The lowest BCUT2D eigenvalue weighted by Gasteiger charge is -2.49. The molecule has 2 rings (SSSR count). The number of aromatic nitrogens is 1. The molecule has 3 nitrogen and oxygen atoms in total. The van der Waals surface area contributed by atoms with Crippen LogP contribution in [-0.4, -0.2) is 22.2 Å². The van der Waals surface area contributed by atoms with Crippen molar-refractivity contribution >= 4 is 28.1 Å². The molecular formula is C9H13ClN2OS. The minimum absolute atomic E-state index is 0.0713. The Morgan fingerprint density at radius 2 is 2.43 bits per heavy atom. The van der Waals surface area contributed by atoms with Crippen molar-refractivity contribution in [3.8, 4) is 0 Å². The highest BCUT2D eigenvalue weighted by Gasteiger charge is 2.47. The maximum absolute atomic E-state index is 9.55. The first-order chi connectivity index (χ1) is 6.50. The van der Waals surface area contributed by atoms with Crippen LogP contribution < -0.4 is 5.32 Å². The molecule has 0 aliphatic heterocycles. The van der Waals surface area contributed by atoms with Gasteiger partial charge in [0.2, 0.25) is 0 Å². The average Bonchev–Trinajstić information content (AvgIpc) is 2.51. The van der Waals surface area contributed by atoms with Crippen LogP contribution in [0.3, 0.4) is 0 Å². The van der Waals surface area contributed by atoms with E-state index in [1.54, 1.807) is 5.38 Å². The largest absolute Gasteiger partial charge is 0.392 e. The molecule has 1 aliphatic rings. The highest BCUT2D eigenvalue weighted by atomic mass is 35.5. The van der Waals surface area contributed by atoms with Gasteiger partial charge in [0.1, 0.15) is 5.15 Å². The van der Waals surface area contributed by atoms with Gasteiger partial charge in [-0.15, -0.1) is 11.3 Å². The third-order valence-electron chi connectivity index (χ3n) is 2.99. The Labute approximate surface area is 92.1 Å². The summed E-state index contributed by atoms with van der Waals surface area (Å²) in [5.74, 6) is 0. The normalized spacial score (nSPS) is 29.7. The van der Waals surface area contributed by atoms with Crippen LogP contribution in [0.4, 0.5) is 5.13 Å². The van der Waals surface area contributed by atoms with Crippen LogP contribution in [0.1, 0.15) is 20.3 Å². The van der Waals surface area contributed by atoms with Crippen LogP contribution in [0.5, 0.6) is 0 Å². The summed E-state index contributed by atoms with van der Waals surface area (Å²) in [5.41, 5.74) is -0.0713. The lowest BCUT2D eigenvalue weighted by molar-refractivity contribution is -0.0510. The van der Waals surface area contributed by atoms with E-state index in [9.17, 15) is 5.11 Å². The van der Waals surface area contributed by atoms with Gasteiger partial charge in [-0.25, -0.2) is 4.98 Å². The molecule has 1 aromatic heterocycles. The predicted molar refractivity (Wildman–Crippen MR) is 58.9 cm³/mol. The highest BCUT2D eigenvalue weighted by molar-refractivity contribution is 7.14. The summed E-state index contributed by atoms with van der Waals surface area (Å²) in [6.45, 7) is 4.10. The molecule has 2 unspecified atom stereocenters. The zero-order valence-corrected chi connectivity index (χ0v) is 9.69. The Morgan fingerprint density at radius 1 is 1.71 bits per heavy atom. The Morgan fingerprint density at radius 3 is 2.86 bits per heavy atom. The molecule has 78 valence electrons. The van der Waals surface area contributed by atoms with Crippen molar-refractivity contribution < 1.29 is 5.11 Å². The van der Waals surface area contributed by atoms with Gasteiger partial charge >= 0.3 is 0 Å². The summed E-state index contributed by atoms with van der Waals surface area (Å²) < 4.78 is 0. The van der Waals surface area contributed by atoms with Crippen molar-refractivity contribution in [2.75, 3.05) is 5.32 Å². The van der Waals surface area contributed by atoms with Crippen LogP contribution in [0.25, 0.3) is 0 Å². The number of hydrogen-bond donors (Lipinski definition) is 2. The fraction of sp³-hybridized carbons (Fsp3) is 0.667. The van der Waals surface area contributed by atoms with E-state index in [0.29, 0.717) is 11.2 Å². The molecule has 2 atom stereocenters. The number of thiazole rings is 1. The molecule has 0 bridgehead atoms. The Hall–Kier alpha value is -0.320. The molecule has 5 heteroatoms. The number of halogens is 1. The first-order valence-electron chi connectivity index (χ1n) is 4.56. The van der Waals surface area contributed by atoms with Gasteiger partial charge in [0.25, 0.3) is 0 Å². The number of hydrogen-bond acceptors (Lipinski definition) is 4. The zero-order chi connectivity index (χ0) is 10.3. The Kier molecular flexibility index (Phi) is 2.45. The zero-order valence-electron chi connectivity index (χ0n) is 8.12. The number of nitrogens with one attached hydrogen (secondary N) is 1. The number of rotatable bonds is 2. The average molecular weight is 233 g/mol. The summed E-state index contributed by atoms with van der Waals surface area (Å²) >= 11 is 7.21. The summed E-state index contributed by atoms with van der Waals surface area (Å²) in [5, 5.41) is 16.0. The van der Waals surface area contributed by atoms with E-state index in [1.165, 1.54) is 11.3 Å². The van der Waals surface area contributed by atoms with Crippen LogP contribution in [0.2, 0.25) is 5.15 Å². The van der Waals surface area contributed by atoms with Gasteiger partial charge in [-0.05, 0) is 6.42 Å². The molecule has 1 aromatic rings. The maximum atomic E-state index is 9.55. The smallest absolute Gasteiger partial charge is 0.184 e. The maximum Gasteiger partial charge on any atom is 0.184 e. The van der Waals surface area contributed by atoms with Crippen LogP contribution in [0, 0.1) is 5.41 Å². The third-order valence-corrected chi connectivity index (χ3v) is 4.09. The van der Waals surface area contributed by atoms with Crippen molar-refractivity contribution in [2.45, 2.75) is 32.4 Å². The summed E-state index contributed by atoms with van der Waals surface area (Å²) in [6.07, 6.45) is 0.569. The van der Waals surface area contributed by atoms with Crippen molar-refractivity contribution in [1.82, 2.24) is 4.98 Å². The fourth-order valence-electron chi connectivity index (χ4n) is 1.62. The molecule has 0 amide bonds. The summed E-state index contributed by atoms with van der Waals surface area (Å²) in [7, 11) is 0. The molecule has 0 spiro atoms. The molecule has 0 radical (unpaired) electrons. The van der Waals surface area contributed by atoms with E-state index in [-0.39, 0.29) is 11.5 Å². The summed E-state index contributed by atoms with van der Waals surface area (Å²) in [6, 6.07) is 0.291. The predicted octanol–water partition coefficient (Wildman–Crippen LogP) is 2.37. The molecule has 2 N–H and O–H groups in total. The van der Waals surface area contributed by atoms with Crippen molar-refractivity contribution in [3.63, 3.8) is 0 Å². The standard InChI is InChI=1S/C9H13ClN2OS/c1-9(2)5(3-6(9)13)11-8-12-7(10)4-14-8/h4-6,13H,3H2,1-2H3,(H,11,12). The summed E-state index contributed by atoms with van der Waals surface area (Å²) in [4.78, 5) is 4.11. The second kappa shape index (κ2) is 3.36. The first-order valence-corrected chi connectivity index (χ1v) is 5.81. The number of aliphatic hydroxyl groups excluding tert-OH is 1. The Bertz CT molecular complexity index is 339. The molecule has 0 saturated heterocycles. The van der Waals surface area contributed by atoms with Gasteiger partial charge in [0.15, 0.2) is 5.13 Å². The number of nitrogens with zero attached hydrogens (tertiary/aromatic N) is 1. The van der Waals surface area contributed by atoms with Gasteiger partial charge in [-0.3, -0.25) is 0 Å². The Balaban J connectivity index is 2.00. The van der Waals surface area contributed by atoms with E-state index in [4.69, 9.17) is 11.6 Å².